The third-order valence-electron chi connectivity index (χ3n) is 6.50. The number of fused-ring (bicyclic) bond motifs is 1. The van der Waals surface area contributed by atoms with Crippen molar-refractivity contribution in [2.45, 2.75) is 0 Å². The van der Waals surface area contributed by atoms with Crippen LogP contribution in [0.5, 0.6) is 17.2 Å². The van der Waals surface area contributed by atoms with Crippen LogP contribution < -0.4 is 30.6 Å². The summed E-state index contributed by atoms with van der Waals surface area (Å²) in [4.78, 5) is 38.3. The Kier molecular flexibility index (Phi) is 9.22. The van der Waals surface area contributed by atoms with Gasteiger partial charge in [-0.2, -0.15) is 10.2 Å². The fourth-order valence-electron chi connectivity index (χ4n) is 4.17. The second-order valence-corrected chi connectivity index (χ2v) is 9.81. The molecule has 2 heterocycles. The zero-order valence-corrected chi connectivity index (χ0v) is 24.4. The first-order valence-corrected chi connectivity index (χ1v) is 13.1. The maximum absolute atomic E-state index is 13.5. The molecule has 13 heteroatoms. The van der Waals surface area contributed by atoms with E-state index in [9.17, 15) is 19.2 Å². The summed E-state index contributed by atoms with van der Waals surface area (Å²) < 4.78 is 26.2. The monoisotopic (exact) mass is 586 g/mol. The number of nitriles is 1. The second kappa shape index (κ2) is 13.0. The molecule has 2 aromatic carbocycles. The van der Waals surface area contributed by atoms with Crippen LogP contribution >= 0.6 is 0 Å². The average molecular weight is 587 g/mol. The van der Waals surface area contributed by atoms with Gasteiger partial charge in [-0.15, -0.1) is 0 Å². The molecular weight excluding hydrogens is 555 g/mol. The molecule has 2 aromatic heterocycles. The lowest BCUT2D eigenvalue weighted by atomic mass is 10.2. The average Bonchev–Trinajstić information content (AvgIpc) is 2.99. The van der Waals surface area contributed by atoms with Gasteiger partial charge in [-0.1, -0.05) is 6.58 Å². The van der Waals surface area contributed by atoms with Gasteiger partial charge >= 0.3 is 0 Å². The minimum Gasteiger partial charge on any atom is -0.494 e. The molecule has 0 aliphatic heterocycles. The molecule has 0 radical (unpaired) electrons. The Morgan fingerprint density at radius 1 is 1.14 bits per heavy atom. The SMILES string of the molecule is C=CC(=O)Nc1cc(Nc2ncc3cc(Oc4ccc(F)cc4C#N)c(=O)n(C)c3n2)c(OC)cc1N(C)CCN(C)C. The van der Waals surface area contributed by atoms with Crippen molar-refractivity contribution in [1.29, 1.82) is 5.26 Å². The van der Waals surface area contributed by atoms with Crippen LogP contribution in [0.15, 0.2) is 60.0 Å². The van der Waals surface area contributed by atoms with Gasteiger partial charge in [0.25, 0.3) is 5.56 Å². The van der Waals surface area contributed by atoms with Crippen molar-refractivity contribution in [2.24, 2.45) is 7.05 Å². The molecule has 43 heavy (non-hydrogen) atoms. The molecule has 1 amide bonds. The number of aromatic nitrogens is 3. The molecule has 0 unspecified atom stereocenters. The molecule has 0 spiro atoms. The Bertz CT molecular complexity index is 1800. The number of ether oxygens (including phenoxy) is 2. The van der Waals surface area contributed by atoms with Crippen molar-refractivity contribution >= 4 is 40.0 Å². The van der Waals surface area contributed by atoms with E-state index in [0.29, 0.717) is 34.7 Å². The number of rotatable bonds is 11. The quantitative estimate of drug-likeness (QED) is 0.248. The molecule has 0 bridgehead atoms. The highest BCUT2D eigenvalue weighted by Gasteiger charge is 2.18. The zero-order valence-electron chi connectivity index (χ0n) is 24.4. The topological polar surface area (TPSA) is 138 Å². The van der Waals surface area contributed by atoms with Gasteiger partial charge in [0, 0.05) is 44.8 Å². The summed E-state index contributed by atoms with van der Waals surface area (Å²) in [5, 5.41) is 15.8. The van der Waals surface area contributed by atoms with E-state index in [1.54, 1.807) is 12.1 Å². The molecule has 0 atom stereocenters. The van der Waals surface area contributed by atoms with Gasteiger partial charge in [0.1, 0.15) is 29.0 Å². The van der Waals surface area contributed by atoms with E-state index in [4.69, 9.17) is 9.47 Å². The predicted octanol–water partition coefficient (Wildman–Crippen LogP) is 4.01. The van der Waals surface area contributed by atoms with Gasteiger partial charge in [0.2, 0.25) is 11.9 Å². The molecular formula is C30H31FN8O4. The minimum atomic E-state index is -0.596. The highest BCUT2D eigenvalue weighted by atomic mass is 19.1. The number of carbonyl (C=O) groups is 1. The number of benzene rings is 2. The van der Waals surface area contributed by atoms with Crippen molar-refractivity contribution < 1.29 is 18.7 Å². The number of amides is 1. The summed E-state index contributed by atoms with van der Waals surface area (Å²) >= 11 is 0. The Morgan fingerprint density at radius 2 is 1.91 bits per heavy atom. The summed E-state index contributed by atoms with van der Waals surface area (Å²) in [6.07, 6.45) is 2.69. The Hall–Kier alpha value is -5.48. The van der Waals surface area contributed by atoms with Crippen molar-refractivity contribution in [3.63, 3.8) is 0 Å². The number of methoxy groups -OCH3 is 1. The number of hydrogen-bond donors (Lipinski definition) is 2. The molecule has 12 nitrogen and oxygen atoms in total. The predicted molar refractivity (Wildman–Crippen MR) is 163 cm³/mol. The number of anilines is 4. The lowest BCUT2D eigenvalue weighted by Crippen LogP contribution is -2.29. The molecule has 222 valence electrons. The Balaban J connectivity index is 1.70. The van der Waals surface area contributed by atoms with Crippen LogP contribution in [0.1, 0.15) is 5.56 Å². The van der Waals surface area contributed by atoms with Gasteiger partial charge in [0.15, 0.2) is 5.75 Å². The van der Waals surface area contributed by atoms with Crippen LogP contribution in [0.25, 0.3) is 11.0 Å². The minimum absolute atomic E-state index is 0.0433. The van der Waals surface area contributed by atoms with Crippen LogP contribution in [0.2, 0.25) is 0 Å². The van der Waals surface area contributed by atoms with E-state index >= 15 is 0 Å². The molecule has 0 saturated carbocycles. The number of aryl methyl sites for hydroxylation is 1. The zero-order chi connectivity index (χ0) is 31.3. The number of carbonyl (C=O) groups excluding carboxylic acids is 1. The summed E-state index contributed by atoms with van der Waals surface area (Å²) in [5.41, 5.74) is 1.44. The number of nitrogens with zero attached hydrogens (tertiary/aromatic N) is 6. The first-order chi connectivity index (χ1) is 20.5. The second-order valence-electron chi connectivity index (χ2n) is 9.81. The van der Waals surface area contributed by atoms with E-state index in [-0.39, 0.29) is 28.9 Å². The number of nitrogens with one attached hydrogen (secondary N) is 2. The summed E-state index contributed by atoms with van der Waals surface area (Å²) in [6, 6.07) is 10.3. The van der Waals surface area contributed by atoms with E-state index < -0.39 is 11.4 Å². The maximum Gasteiger partial charge on any atom is 0.294 e. The van der Waals surface area contributed by atoms with Gasteiger partial charge in [0.05, 0.1) is 29.7 Å². The number of likely N-dealkylation sites (N-methyl/N-ethyl adjacent to an activating group) is 2. The van der Waals surface area contributed by atoms with Crippen LogP contribution in [-0.2, 0) is 11.8 Å². The van der Waals surface area contributed by atoms with E-state index in [0.717, 1.165) is 24.4 Å². The standard InChI is InChI=1S/C30H31FN8O4/c1-7-27(40)34-21-14-22(25(42-6)15-23(21)38(4)11-10-37(2)3)35-30-33-17-19-13-26(29(41)39(5)28(19)36-30)43-24-9-8-20(31)12-18(24)16-32/h7-9,12-15,17H,1,10-11H2,2-6H3,(H,34,40)(H,33,35,36). The summed E-state index contributed by atoms with van der Waals surface area (Å²) in [6.45, 7) is 5.01. The lowest BCUT2D eigenvalue weighted by molar-refractivity contribution is -0.111. The molecule has 4 aromatic rings. The van der Waals surface area contributed by atoms with Crippen molar-refractivity contribution in [3.8, 4) is 23.3 Å². The van der Waals surface area contributed by atoms with Crippen LogP contribution in [0, 0.1) is 17.1 Å². The van der Waals surface area contributed by atoms with Crippen molar-refractivity contribution in [2.75, 3.05) is 56.9 Å². The highest BCUT2D eigenvalue weighted by molar-refractivity contribution is 6.02. The van der Waals surface area contributed by atoms with E-state index in [1.807, 2.05) is 32.1 Å². The molecule has 4 rings (SSSR count). The smallest absolute Gasteiger partial charge is 0.294 e. The highest BCUT2D eigenvalue weighted by Crippen LogP contribution is 2.38. The number of pyridine rings is 1. The fraction of sp³-hybridized carbons (Fsp3) is 0.233. The van der Waals surface area contributed by atoms with Crippen molar-refractivity contribution in [1.82, 2.24) is 19.4 Å². The van der Waals surface area contributed by atoms with E-state index in [1.165, 1.54) is 43.1 Å². The van der Waals surface area contributed by atoms with Crippen LogP contribution in [0.4, 0.5) is 27.4 Å². The van der Waals surface area contributed by atoms with Crippen LogP contribution in [0.3, 0.4) is 0 Å². The third kappa shape index (κ3) is 6.88. The van der Waals surface area contributed by atoms with Gasteiger partial charge in [-0.3, -0.25) is 14.2 Å². The molecule has 0 fully saturated rings. The Labute approximate surface area is 247 Å². The lowest BCUT2D eigenvalue weighted by Gasteiger charge is -2.26. The first-order valence-electron chi connectivity index (χ1n) is 13.1. The molecule has 0 aliphatic carbocycles. The maximum atomic E-state index is 13.5. The van der Waals surface area contributed by atoms with Crippen molar-refractivity contribution in [3.05, 3.63) is 77.0 Å². The Morgan fingerprint density at radius 3 is 2.58 bits per heavy atom. The number of hydrogen-bond acceptors (Lipinski definition) is 10. The van der Waals surface area contributed by atoms with E-state index in [2.05, 4.69) is 32.1 Å². The van der Waals surface area contributed by atoms with Crippen LogP contribution in [-0.4, -0.2) is 66.7 Å². The largest absolute Gasteiger partial charge is 0.494 e. The fourth-order valence-corrected chi connectivity index (χ4v) is 4.17. The normalized spacial score (nSPS) is 10.7. The summed E-state index contributed by atoms with van der Waals surface area (Å²) in [7, 11) is 8.91. The molecule has 0 saturated heterocycles. The third-order valence-corrected chi connectivity index (χ3v) is 6.50. The van der Waals surface area contributed by atoms with Gasteiger partial charge in [-0.05, 0) is 50.5 Å². The van der Waals surface area contributed by atoms with Gasteiger partial charge in [-0.25, -0.2) is 9.37 Å². The molecule has 0 aliphatic rings. The number of halogens is 1. The van der Waals surface area contributed by atoms with Gasteiger partial charge < -0.3 is 29.9 Å². The first kappa shape index (κ1) is 30.5. The molecule has 2 N–H and O–H groups in total. The summed E-state index contributed by atoms with van der Waals surface area (Å²) in [5.74, 6) is -0.383.